The summed E-state index contributed by atoms with van der Waals surface area (Å²) in [5, 5.41) is 9.63. The Kier molecular flexibility index (Phi) is 7.77. The molecule has 0 radical (unpaired) electrons. The molecule has 3 aromatic rings. The number of benzene rings is 3. The van der Waals surface area contributed by atoms with E-state index in [1.165, 1.54) is 6.08 Å². The van der Waals surface area contributed by atoms with Gasteiger partial charge in [0, 0.05) is 11.1 Å². The van der Waals surface area contributed by atoms with E-state index in [0.29, 0.717) is 22.6 Å². The molecule has 0 spiro atoms. The molecule has 0 N–H and O–H groups in total. The Hall–Kier alpha value is -3.91. The lowest BCUT2D eigenvalue weighted by atomic mass is 9.94. The maximum Gasteiger partial charge on any atom is 0.314 e. The van der Waals surface area contributed by atoms with Crippen molar-refractivity contribution in [2.24, 2.45) is 11.8 Å². The standard InChI is InChI=1S/C27H24FNO3/c1-19(2)24(17-25(28)20-10-5-3-6-11-20)27(30)32-26(18-29)21-12-9-15-23(16-21)31-22-13-7-4-8-14-22/h3-17,19,24,26H,1-2H3/b25-17+. The molecule has 4 nitrogen and oxygen atoms in total. The quantitative estimate of drug-likeness (QED) is 0.367. The normalized spacial score (nSPS) is 13.2. The van der Waals surface area contributed by atoms with Crippen molar-refractivity contribution in [1.29, 1.82) is 5.26 Å². The van der Waals surface area contributed by atoms with E-state index in [1.54, 1.807) is 68.4 Å². The molecule has 0 heterocycles. The van der Waals surface area contributed by atoms with Crippen LogP contribution in [0.15, 0.2) is 91.0 Å². The number of nitrogens with zero attached hydrogens (tertiary/aromatic N) is 1. The zero-order valence-electron chi connectivity index (χ0n) is 17.9. The van der Waals surface area contributed by atoms with Gasteiger partial charge in [-0.1, -0.05) is 74.5 Å². The van der Waals surface area contributed by atoms with Crippen LogP contribution >= 0.6 is 0 Å². The van der Waals surface area contributed by atoms with Crippen molar-refractivity contribution in [3.05, 3.63) is 102 Å². The van der Waals surface area contributed by atoms with Crippen LogP contribution in [-0.2, 0) is 9.53 Å². The summed E-state index contributed by atoms with van der Waals surface area (Å²) in [4.78, 5) is 12.9. The first-order chi connectivity index (χ1) is 15.5. The second-order valence-electron chi connectivity index (χ2n) is 7.58. The zero-order chi connectivity index (χ0) is 22.9. The summed E-state index contributed by atoms with van der Waals surface area (Å²) in [7, 11) is 0. The number of hydrogen-bond donors (Lipinski definition) is 0. The Bertz CT molecular complexity index is 1100. The van der Waals surface area contributed by atoms with Crippen LogP contribution in [0.4, 0.5) is 4.39 Å². The van der Waals surface area contributed by atoms with Gasteiger partial charge in [-0.05, 0) is 36.3 Å². The van der Waals surface area contributed by atoms with Crippen molar-refractivity contribution < 1.29 is 18.7 Å². The van der Waals surface area contributed by atoms with Gasteiger partial charge in [0.2, 0.25) is 6.10 Å². The topological polar surface area (TPSA) is 59.3 Å². The highest BCUT2D eigenvalue weighted by molar-refractivity contribution is 5.78. The van der Waals surface area contributed by atoms with Crippen LogP contribution in [-0.4, -0.2) is 5.97 Å². The van der Waals surface area contributed by atoms with E-state index in [9.17, 15) is 14.4 Å². The van der Waals surface area contributed by atoms with E-state index >= 15 is 0 Å². The molecule has 5 heteroatoms. The Balaban J connectivity index is 1.77. The predicted octanol–water partition coefficient (Wildman–Crippen LogP) is 6.87. The Morgan fingerprint density at radius 2 is 1.56 bits per heavy atom. The molecule has 3 aromatic carbocycles. The van der Waals surface area contributed by atoms with Crippen molar-refractivity contribution >= 4 is 11.8 Å². The van der Waals surface area contributed by atoms with Gasteiger partial charge in [0.25, 0.3) is 0 Å². The smallest absolute Gasteiger partial charge is 0.314 e. The molecule has 2 atom stereocenters. The molecule has 0 saturated carbocycles. The van der Waals surface area contributed by atoms with E-state index in [1.807, 2.05) is 36.4 Å². The monoisotopic (exact) mass is 429 g/mol. The Labute approximate surface area is 187 Å². The van der Waals surface area contributed by atoms with Gasteiger partial charge >= 0.3 is 5.97 Å². The summed E-state index contributed by atoms with van der Waals surface area (Å²) >= 11 is 0. The van der Waals surface area contributed by atoms with Crippen LogP contribution in [0, 0.1) is 23.2 Å². The molecule has 0 saturated heterocycles. The van der Waals surface area contributed by atoms with Crippen molar-refractivity contribution in [3.63, 3.8) is 0 Å². The lowest BCUT2D eigenvalue weighted by Crippen LogP contribution is -2.23. The first kappa shape index (κ1) is 22.8. The van der Waals surface area contributed by atoms with Gasteiger partial charge in [-0.2, -0.15) is 5.26 Å². The second kappa shape index (κ2) is 10.9. The highest BCUT2D eigenvalue weighted by Gasteiger charge is 2.26. The Morgan fingerprint density at radius 3 is 2.19 bits per heavy atom. The van der Waals surface area contributed by atoms with E-state index in [4.69, 9.17) is 9.47 Å². The molecule has 0 aliphatic heterocycles. The van der Waals surface area contributed by atoms with Crippen LogP contribution in [0.5, 0.6) is 11.5 Å². The first-order valence-corrected chi connectivity index (χ1v) is 10.3. The van der Waals surface area contributed by atoms with Crippen LogP contribution in [0.2, 0.25) is 0 Å². The van der Waals surface area contributed by atoms with Gasteiger partial charge in [-0.25, -0.2) is 4.39 Å². The van der Waals surface area contributed by atoms with Crippen LogP contribution < -0.4 is 4.74 Å². The molecule has 0 bridgehead atoms. The van der Waals surface area contributed by atoms with Gasteiger partial charge in [0.1, 0.15) is 23.4 Å². The van der Waals surface area contributed by atoms with Crippen molar-refractivity contribution in [2.45, 2.75) is 20.0 Å². The molecule has 0 amide bonds. The number of halogens is 1. The third-order valence-corrected chi connectivity index (χ3v) is 4.86. The fourth-order valence-corrected chi connectivity index (χ4v) is 3.11. The van der Waals surface area contributed by atoms with Crippen molar-refractivity contribution in [3.8, 4) is 17.6 Å². The molecule has 162 valence electrons. The third-order valence-electron chi connectivity index (χ3n) is 4.86. The number of carbonyl (C=O) groups excluding carboxylic acids is 1. The molecule has 3 rings (SSSR count). The lowest BCUT2D eigenvalue weighted by molar-refractivity contribution is -0.151. The number of nitriles is 1. The Morgan fingerprint density at radius 1 is 0.938 bits per heavy atom. The maximum atomic E-state index is 14.7. The number of carbonyl (C=O) groups is 1. The maximum absolute atomic E-state index is 14.7. The van der Waals surface area contributed by atoms with Gasteiger partial charge in [-0.15, -0.1) is 0 Å². The molecular formula is C27H24FNO3. The number of hydrogen-bond acceptors (Lipinski definition) is 4. The lowest BCUT2D eigenvalue weighted by Gasteiger charge is -2.19. The average molecular weight is 429 g/mol. The van der Waals surface area contributed by atoms with Crippen LogP contribution in [0.1, 0.15) is 31.1 Å². The highest BCUT2D eigenvalue weighted by Crippen LogP contribution is 2.28. The van der Waals surface area contributed by atoms with Gasteiger partial charge in [0.15, 0.2) is 0 Å². The summed E-state index contributed by atoms with van der Waals surface area (Å²) < 4.78 is 26.0. The van der Waals surface area contributed by atoms with Gasteiger partial charge in [0.05, 0.1) is 5.92 Å². The molecular weight excluding hydrogens is 405 g/mol. The van der Waals surface area contributed by atoms with Crippen molar-refractivity contribution in [1.82, 2.24) is 0 Å². The van der Waals surface area contributed by atoms with E-state index in [2.05, 4.69) is 0 Å². The molecule has 0 aliphatic rings. The molecule has 32 heavy (non-hydrogen) atoms. The van der Waals surface area contributed by atoms with Gasteiger partial charge in [-0.3, -0.25) is 4.79 Å². The number of rotatable bonds is 8. The fraction of sp³-hybridized carbons (Fsp3) is 0.185. The molecule has 0 fully saturated rings. The van der Waals surface area contributed by atoms with Crippen molar-refractivity contribution in [2.75, 3.05) is 0 Å². The molecule has 0 aliphatic carbocycles. The minimum absolute atomic E-state index is 0.218. The number of esters is 1. The minimum Gasteiger partial charge on any atom is -0.457 e. The van der Waals surface area contributed by atoms with E-state index in [-0.39, 0.29) is 5.92 Å². The largest absolute Gasteiger partial charge is 0.457 e. The summed E-state index contributed by atoms with van der Waals surface area (Å²) in [6.45, 7) is 3.60. The average Bonchev–Trinajstić information content (AvgIpc) is 2.82. The third kappa shape index (κ3) is 6.05. The first-order valence-electron chi connectivity index (χ1n) is 10.3. The second-order valence-corrected chi connectivity index (χ2v) is 7.58. The zero-order valence-corrected chi connectivity index (χ0v) is 17.9. The summed E-state index contributed by atoms with van der Waals surface area (Å²) in [5.41, 5.74) is 0.859. The number of ether oxygens (including phenoxy) is 2. The minimum atomic E-state index is -1.14. The fourth-order valence-electron chi connectivity index (χ4n) is 3.11. The van der Waals surface area contributed by atoms with E-state index in [0.717, 1.165) is 0 Å². The summed E-state index contributed by atoms with van der Waals surface area (Å²) in [6.07, 6.45) is 0.113. The highest BCUT2D eigenvalue weighted by atomic mass is 19.1. The molecule has 0 aromatic heterocycles. The number of para-hydroxylation sites is 1. The van der Waals surface area contributed by atoms with Gasteiger partial charge < -0.3 is 9.47 Å². The van der Waals surface area contributed by atoms with E-state index < -0.39 is 23.8 Å². The predicted molar refractivity (Wildman–Crippen MR) is 121 cm³/mol. The SMILES string of the molecule is CC(C)C(/C=C(/F)c1ccccc1)C(=O)OC(C#N)c1cccc(Oc2ccccc2)c1. The summed E-state index contributed by atoms with van der Waals surface area (Å²) in [5.74, 6) is -1.06. The van der Waals surface area contributed by atoms with Crippen LogP contribution in [0.3, 0.4) is 0 Å². The summed E-state index contributed by atoms with van der Waals surface area (Å²) in [6, 6.07) is 26.5. The van der Waals surface area contributed by atoms with Crippen LogP contribution in [0.25, 0.3) is 5.83 Å². The molecule has 2 unspecified atom stereocenters.